The molecule has 0 saturated carbocycles. The quantitative estimate of drug-likeness (QED) is 0.815. The van der Waals surface area contributed by atoms with E-state index < -0.39 is 0 Å². The van der Waals surface area contributed by atoms with Crippen molar-refractivity contribution >= 4 is 23.4 Å². The van der Waals surface area contributed by atoms with Gasteiger partial charge in [-0.3, -0.25) is 9.59 Å². The van der Waals surface area contributed by atoms with E-state index in [0.29, 0.717) is 44.0 Å². The van der Waals surface area contributed by atoms with Gasteiger partial charge in [0.15, 0.2) is 0 Å². The largest absolute Gasteiger partial charge is 0.494 e. The maximum Gasteiger partial charge on any atom is 0.222 e. The summed E-state index contributed by atoms with van der Waals surface area (Å²) in [6.07, 6.45) is 1.72. The molecule has 6 heteroatoms. The van der Waals surface area contributed by atoms with Crippen LogP contribution < -0.4 is 10.5 Å². The van der Waals surface area contributed by atoms with Crippen LogP contribution in [0.2, 0.25) is 5.02 Å². The minimum Gasteiger partial charge on any atom is -0.494 e. The molecule has 0 bridgehead atoms. The van der Waals surface area contributed by atoms with Crippen LogP contribution >= 0.6 is 11.6 Å². The third-order valence-corrected chi connectivity index (χ3v) is 4.30. The van der Waals surface area contributed by atoms with Crippen molar-refractivity contribution in [1.29, 1.82) is 0 Å². The third kappa shape index (κ3) is 4.37. The molecule has 0 unspecified atom stereocenters. The molecular formula is C16H21ClN2O3. The SMILES string of the molecule is Cc1cc(OCCCC(=O)N2CC[C@@H](C(N)=O)C2)ccc1Cl. The summed E-state index contributed by atoms with van der Waals surface area (Å²) in [4.78, 5) is 24.8. The average molecular weight is 325 g/mol. The highest BCUT2D eigenvalue weighted by Gasteiger charge is 2.29. The van der Waals surface area contributed by atoms with Gasteiger partial charge >= 0.3 is 0 Å². The average Bonchev–Trinajstić information content (AvgIpc) is 2.97. The first-order valence-electron chi connectivity index (χ1n) is 7.43. The van der Waals surface area contributed by atoms with Gasteiger partial charge in [-0.2, -0.15) is 0 Å². The van der Waals surface area contributed by atoms with Crippen LogP contribution in [0.15, 0.2) is 18.2 Å². The summed E-state index contributed by atoms with van der Waals surface area (Å²) in [6, 6.07) is 5.49. The Morgan fingerprint density at radius 1 is 1.45 bits per heavy atom. The summed E-state index contributed by atoms with van der Waals surface area (Å²) < 4.78 is 5.61. The first-order valence-corrected chi connectivity index (χ1v) is 7.81. The molecule has 1 aliphatic heterocycles. The van der Waals surface area contributed by atoms with E-state index in [0.717, 1.165) is 11.3 Å². The maximum absolute atomic E-state index is 12.0. The van der Waals surface area contributed by atoms with Gasteiger partial charge in [0, 0.05) is 24.5 Å². The van der Waals surface area contributed by atoms with Crippen molar-refractivity contribution in [3.8, 4) is 5.75 Å². The van der Waals surface area contributed by atoms with Gasteiger partial charge in [0.2, 0.25) is 11.8 Å². The Balaban J connectivity index is 1.69. The molecule has 1 aromatic carbocycles. The number of halogens is 1. The van der Waals surface area contributed by atoms with Crippen molar-refractivity contribution in [1.82, 2.24) is 4.90 Å². The highest BCUT2D eigenvalue weighted by Crippen LogP contribution is 2.21. The molecule has 1 aliphatic rings. The number of likely N-dealkylation sites (tertiary alicyclic amines) is 1. The second-order valence-electron chi connectivity index (χ2n) is 5.59. The van der Waals surface area contributed by atoms with Crippen LogP contribution in [0.3, 0.4) is 0 Å². The molecular weight excluding hydrogens is 304 g/mol. The highest BCUT2D eigenvalue weighted by molar-refractivity contribution is 6.31. The molecule has 120 valence electrons. The van der Waals surface area contributed by atoms with Crippen LogP contribution in [0.1, 0.15) is 24.8 Å². The van der Waals surface area contributed by atoms with Crippen LogP contribution in [0.5, 0.6) is 5.75 Å². The highest BCUT2D eigenvalue weighted by atomic mass is 35.5. The Bertz CT molecular complexity index is 562. The van der Waals surface area contributed by atoms with Gasteiger partial charge < -0.3 is 15.4 Å². The number of carbonyl (C=O) groups excluding carboxylic acids is 2. The number of amides is 2. The monoisotopic (exact) mass is 324 g/mol. The van der Waals surface area contributed by atoms with Crippen molar-refractivity contribution in [2.75, 3.05) is 19.7 Å². The third-order valence-electron chi connectivity index (χ3n) is 3.88. The lowest BCUT2D eigenvalue weighted by Crippen LogP contribution is -2.31. The Morgan fingerprint density at radius 2 is 2.23 bits per heavy atom. The minimum atomic E-state index is -0.322. The lowest BCUT2D eigenvalue weighted by molar-refractivity contribution is -0.130. The number of nitrogens with zero attached hydrogens (tertiary/aromatic N) is 1. The van der Waals surface area contributed by atoms with Crippen molar-refractivity contribution in [3.05, 3.63) is 28.8 Å². The van der Waals surface area contributed by atoms with E-state index in [9.17, 15) is 9.59 Å². The number of ether oxygens (including phenoxy) is 1. The molecule has 22 heavy (non-hydrogen) atoms. The Labute approximate surface area is 135 Å². The van der Waals surface area contributed by atoms with Crippen molar-refractivity contribution in [3.63, 3.8) is 0 Å². The summed E-state index contributed by atoms with van der Waals surface area (Å²) in [7, 11) is 0. The zero-order valence-electron chi connectivity index (χ0n) is 12.7. The molecule has 0 radical (unpaired) electrons. The molecule has 0 aromatic heterocycles. The van der Waals surface area contributed by atoms with E-state index in [1.165, 1.54) is 0 Å². The molecule has 0 spiro atoms. The second-order valence-corrected chi connectivity index (χ2v) is 6.00. The van der Waals surface area contributed by atoms with E-state index >= 15 is 0 Å². The molecule has 1 saturated heterocycles. The topological polar surface area (TPSA) is 72.6 Å². The predicted octanol–water partition coefficient (Wildman–Crippen LogP) is 2.14. The first-order chi connectivity index (χ1) is 10.5. The smallest absolute Gasteiger partial charge is 0.222 e. The molecule has 1 heterocycles. The van der Waals surface area contributed by atoms with Crippen LogP contribution in [0.4, 0.5) is 0 Å². The van der Waals surface area contributed by atoms with Crippen LogP contribution in [-0.2, 0) is 9.59 Å². The standard InChI is InChI=1S/C16H21ClN2O3/c1-11-9-13(4-5-14(11)17)22-8-2-3-15(20)19-7-6-12(10-19)16(18)21/h4-5,9,12H,2-3,6-8,10H2,1H3,(H2,18,21)/t12-/m1/s1. The number of nitrogens with two attached hydrogens (primary N) is 1. The fraction of sp³-hybridized carbons (Fsp3) is 0.500. The Morgan fingerprint density at radius 3 is 2.86 bits per heavy atom. The number of aryl methyl sites for hydroxylation is 1. The fourth-order valence-corrected chi connectivity index (χ4v) is 2.62. The van der Waals surface area contributed by atoms with Gasteiger partial charge in [-0.25, -0.2) is 0 Å². The summed E-state index contributed by atoms with van der Waals surface area (Å²) >= 11 is 5.95. The molecule has 2 rings (SSSR count). The fourth-order valence-electron chi connectivity index (χ4n) is 2.50. The number of primary amides is 1. The molecule has 1 fully saturated rings. The van der Waals surface area contributed by atoms with Crippen LogP contribution in [0.25, 0.3) is 0 Å². The van der Waals surface area contributed by atoms with Gasteiger partial charge in [0.1, 0.15) is 5.75 Å². The lowest BCUT2D eigenvalue weighted by atomic mass is 10.1. The number of rotatable bonds is 6. The number of hydrogen-bond acceptors (Lipinski definition) is 3. The van der Waals surface area contributed by atoms with E-state index in [-0.39, 0.29) is 17.7 Å². The summed E-state index contributed by atoms with van der Waals surface area (Å²) in [5.41, 5.74) is 6.23. The molecule has 2 amide bonds. The minimum absolute atomic E-state index is 0.0552. The molecule has 2 N–H and O–H groups in total. The molecule has 5 nitrogen and oxygen atoms in total. The van der Waals surface area contributed by atoms with Gasteiger partial charge in [0.05, 0.1) is 12.5 Å². The molecule has 0 aliphatic carbocycles. The number of benzene rings is 1. The van der Waals surface area contributed by atoms with Crippen LogP contribution in [-0.4, -0.2) is 36.4 Å². The van der Waals surface area contributed by atoms with Crippen molar-refractivity contribution in [2.24, 2.45) is 11.7 Å². The second kappa shape index (κ2) is 7.49. The summed E-state index contributed by atoms with van der Waals surface area (Å²) in [5.74, 6) is 0.290. The zero-order valence-corrected chi connectivity index (χ0v) is 13.4. The van der Waals surface area contributed by atoms with Gasteiger partial charge in [-0.15, -0.1) is 0 Å². The number of hydrogen-bond donors (Lipinski definition) is 1. The number of carbonyl (C=O) groups is 2. The normalized spacial score (nSPS) is 17.5. The maximum atomic E-state index is 12.0. The van der Waals surface area contributed by atoms with Gasteiger partial charge in [-0.1, -0.05) is 11.6 Å². The van der Waals surface area contributed by atoms with Crippen molar-refractivity contribution < 1.29 is 14.3 Å². The van der Waals surface area contributed by atoms with E-state index in [1.54, 1.807) is 11.0 Å². The molecule has 1 aromatic rings. The van der Waals surface area contributed by atoms with Crippen LogP contribution in [0, 0.1) is 12.8 Å². The predicted molar refractivity (Wildman–Crippen MR) is 84.8 cm³/mol. The molecule has 1 atom stereocenters. The first kappa shape index (κ1) is 16.6. The Hall–Kier alpha value is -1.75. The zero-order chi connectivity index (χ0) is 16.1. The summed E-state index contributed by atoms with van der Waals surface area (Å²) in [5, 5.41) is 0.709. The van der Waals surface area contributed by atoms with E-state index in [2.05, 4.69) is 0 Å². The van der Waals surface area contributed by atoms with Gasteiger partial charge in [-0.05, 0) is 43.5 Å². The van der Waals surface area contributed by atoms with E-state index in [1.807, 2.05) is 19.1 Å². The van der Waals surface area contributed by atoms with Crippen molar-refractivity contribution in [2.45, 2.75) is 26.2 Å². The van der Waals surface area contributed by atoms with E-state index in [4.69, 9.17) is 22.1 Å². The van der Waals surface area contributed by atoms with Gasteiger partial charge in [0.25, 0.3) is 0 Å². The lowest BCUT2D eigenvalue weighted by Gasteiger charge is -2.16. The summed E-state index contributed by atoms with van der Waals surface area (Å²) in [6.45, 7) is 3.45. The Kier molecular flexibility index (Phi) is 5.66.